The molecule has 48 heavy (non-hydrogen) atoms. The number of ether oxygens (including phenoxy) is 1. The number of thiophene rings is 1. The van der Waals surface area contributed by atoms with Crippen LogP contribution in [0.1, 0.15) is 40.9 Å². The van der Waals surface area contributed by atoms with Crippen LogP contribution in [-0.2, 0) is 20.8 Å². The van der Waals surface area contributed by atoms with Gasteiger partial charge in [0.1, 0.15) is 11.8 Å². The summed E-state index contributed by atoms with van der Waals surface area (Å²) >= 11 is 2.33. The van der Waals surface area contributed by atoms with Crippen molar-refractivity contribution in [2.75, 3.05) is 6.26 Å². The number of nitrogens with zero attached hydrogens (tertiary/aromatic N) is 2. The lowest BCUT2D eigenvalue weighted by Crippen LogP contribution is -2.42. The van der Waals surface area contributed by atoms with Crippen molar-refractivity contribution in [3.05, 3.63) is 113 Å². The monoisotopic (exact) mass is 691 g/mol. The van der Waals surface area contributed by atoms with Crippen molar-refractivity contribution >= 4 is 35.3 Å². The fourth-order valence-corrected chi connectivity index (χ4v) is 6.03. The zero-order valence-corrected chi connectivity index (χ0v) is 28.1. The van der Waals surface area contributed by atoms with Crippen molar-refractivity contribution in [3.63, 3.8) is 0 Å². The van der Waals surface area contributed by atoms with Gasteiger partial charge >= 0.3 is 12.3 Å². The number of hydrogen-bond donors (Lipinski definition) is 1. The summed E-state index contributed by atoms with van der Waals surface area (Å²) in [5, 5.41) is 2.84. The fourth-order valence-electron chi connectivity index (χ4n) is 4.78. The summed E-state index contributed by atoms with van der Waals surface area (Å²) in [5.74, 6) is -0.621. The van der Waals surface area contributed by atoms with Gasteiger partial charge in [0.2, 0.25) is 0 Å². The van der Waals surface area contributed by atoms with Crippen molar-refractivity contribution in [3.8, 4) is 39.4 Å². The predicted molar refractivity (Wildman–Crippen MR) is 183 cm³/mol. The average Bonchev–Trinajstić information content (AvgIpc) is 3.57. The van der Waals surface area contributed by atoms with Crippen LogP contribution in [-0.4, -0.2) is 40.5 Å². The van der Waals surface area contributed by atoms with E-state index in [1.54, 1.807) is 36.8 Å². The molecule has 0 aliphatic carbocycles. The highest BCUT2D eigenvalue weighted by Crippen LogP contribution is 2.30. The molecule has 248 valence electrons. The van der Waals surface area contributed by atoms with Crippen LogP contribution in [0.25, 0.3) is 33.6 Å². The highest BCUT2D eigenvalue weighted by molar-refractivity contribution is 7.94. The molecule has 1 N–H and O–H groups in total. The molecule has 0 spiro atoms. The number of carbonyl (C=O) groups excluding carboxylic acids is 2. The number of aromatic nitrogens is 2. The molecule has 5 aromatic rings. The van der Waals surface area contributed by atoms with Crippen LogP contribution >= 0.6 is 23.4 Å². The lowest BCUT2D eigenvalue weighted by atomic mass is 9.95. The van der Waals surface area contributed by atoms with Crippen LogP contribution in [0.15, 0.2) is 97.3 Å². The smallest absolute Gasteiger partial charge is 0.406 e. The highest BCUT2D eigenvalue weighted by Gasteiger charge is 2.31. The number of hydrogen-bond acceptors (Lipinski definition) is 8. The Hall–Kier alpha value is -4.68. The molecular formula is C36H32F3N3O4S2. The molecule has 7 nitrogen and oxygen atoms in total. The molecule has 0 aliphatic rings. The lowest BCUT2D eigenvalue weighted by molar-refractivity contribution is -0.274. The molecule has 1 unspecified atom stereocenters. The number of carbonyl (C=O) groups is 2. The molecule has 2 aromatic heterocycles. The third-order valence-electron chi connectivity index (χ3n) is 7.27. The molecule has 1 atom stereocenters. The van der Waals surface area contributed by atoms with E-state index in [0.29, 0.717) is 10.7 Å². The van der Waals surface area contributed by atoms with Gasteiger partial charge in [-0.1, -0.05) is 81.4 Å². The topological polar surface area (TPSA) is 90.4 Å². The maximum Gasteiger partial charge on any atom is 0.573 e. The van der Waals surface area contributed by atoms with E-state index in [1.807, 2.05) is 54.6 Å². The zero-order valence-electron chi connectivity index (χ0n) is 26.5. The normalized spacial score (nSPS) is 12.3. The van der Waals surface area contributed by atoms with E-state index >= 15 is 0 Å². The fraction of sp³-hybridized carbons (Fsp3) is 0.222. The van der Waals surface area contributed by atoms with Gasteiger partial charge in [0, 0.05) is 41.1 Å². The second-order valence-corrected chi connectivity index (χ2v) is 13.4. The van der Waals surface area contributed by atoms with Crippen molar-refractivity contribution in [1.29, 1.82) is 0 Å². The maximum atomic E-state index is 13.0. The van der Waals surface area contributed by atoms with Gasteiger partial charge in [-0.2, -0.15) is 0 Å². The number of halogens is 3. The van der Waals surface area contributed by atoms with Crippen molar-refractivity contribution < 1.29 is 31.7 Å². The third-order valence-corrected chi connectivity index (χ3v) is 9.11. The molecule has 3 aromatic carbocycles. The van der Waals surface area contributed by atoms with E-state index in [4.69, 9.17) is 4.18 Å². The SMILES string of the molecule is CSOC(=O)C(Cc1ccc(-c2ncc(-c3ccc(-c4ccc(OC(F)(F)F)cc4)cc3)cn2)cc1)NC(=O)c1ccc(C(C)(C)C)s1. The van der Waals surface area contributed by atoms with Crippen LogP contribution in [0.5, 0.6) is 5.75 Å². The van der Waals surface area contributed by atoms with E-state index in [9.17, 15) is 22.8 Å². The molecule has 1 amide bonds. The molecular weight excluding hydrogens is 660 g/mol. The van der Waals surface area contributed by atoms with Gasteiger partial charge in [0.15, 0.2) is 5.82 Å². The first-order valence-electron chi connectivity index (χ1n) is 14.8. The molecule has 0 bridgehead atoms. The van der Waals surface area contributed by atoms with Crippen LogP contribution in [0, 0.1) is 0 Å². The summed E-state index contributed by atoms with van der Waals surface area (Å²) in [5.41, 5.74) is 4.76. The summed E-state index contributed by atoms with van der Waals surface area (Å²) in [6.07, 6.45) is 0.580. The van der Waals surface area contributed by atoms with Crippen LogP contribution in [0.3, 0.4) is 0 Å². The van der Waals surface area contributed by atoms with Crippen molar-refractivity contribution in [2.24, 2.45) is 0 Å². The average molecular weight is 692 g/mol. The van der Waals surface area contributed by atoms with Crippen molar-refractivity contribution in [1.82, 2.24) is 15.3 Å². The number of alkyl halides is 3. The zero-order chi connectivity index (χ0) is 34.5. The Balaban J connectivity index is 1.23. The van der Waals surface area contributed by atoms with Crippen molar-refractivity contribution in [2.45, 2.75) is 45.0 Å². The number of amides is 1. The van der Waals surface area contributed by atoms with Gasteiger partial charge < -0.3 is 14.2 Å². The summed E-state index contributed by atoms with van der Waals surface area (Å²) < 4.78 is 46.4. The molecule has 0 fully saturated rings. The first kappa shape index (κ1) is 34.6. The Bertz CT molecular complexity index is 1850. The van der Waals surface area contributed by atoms with Gasteiger partial charge in [-0.3, -0.25) is 4.79 Å². The molecule has 2 heterocycles. The molecule has 0 saturated heterocycles. The van der Waals surface area contributed by atoms with E-state index in [2.05, 4.69) is 40.8 Å². The quantitative estimate of drug-likeness (QED) is 0.146. The minimum atomic E-state index is -4.74. The predicted octanol–water partition coefficient (Wildman–Crippen LogP) is 8.90. The van der Waals surface area contributed by atoms with Gasteiger partial charge in [0.25, 0.3) is 5.91 Å². The van der Waals surface area contributed by atoms with Gasteiger partial charge in [-0.25, -0.2) is 14.8 Å². The van der Waals surface area contributed by atoms with Crippen LogP contribution < -0.4 is 10.1 Å². The molecule has 0 saturated carbocycles. The van der Waals surface area contributed by atoms with E-state index in [0.717, 1.165) is 50.3 Å². The minimum absolute atomic E-state index is 0.0861. The Morgan fingerprint density at radius 2 is 1.33 bits per heavy atom. The first-order chi connectivity index (χ1) is 22.8. The lowest BCUT2D eigenvalue weighted by Gasteiger charge is -2.17. The largest absolute Gasteiger partial charge is 0.573 e. The Kier molecular flexibility index (Phi) is 10.5. The van der Waals surface area contributed by atoms with E-state index in [-0.39, 0.29) is 23.5 Å². The molecule has 0 aliphatic heterocycles. The Morgan fingerprint density at radius 1 is 0.792 bits per heavy atom. The standard InChI is InChI=1S/C36H32F3N3O4S2/c1-35(2,3)31-18-17-30(48-31)33(43)42-29(34(44)46-47-4)19-22-5-7-26(8-6-22)32-40-20-27(21-41-32)25-11-9-23(10-12-25)24-13-15-28(16-14-24)45-36(37,38)39/h5-18,20-21,29H,19H2,1-4H3,(H,42,43). The molecule has 12 heteroatoms. The first-order valence-corrected chi connectivity index (χ1v) is 16.8. The Labute approximate surface area is 284 Å². The summed E-state index contributed by atoms with van der Waals surface area (Å²) in [6.45, 7) is 6.24. The number of benzene rings is 3. The summed E-state index contributed by atoms with van der Waals surface area (Å²) in [4.78, 5) is 36.4. The summed E-state index contributed by atoms with van der Waals surface area (Å²) in [7, 11) is 0. The van der Waals surface area contributed by atoms with E-state index in [1.165, 1.54) is 23.5 Å². The van der Waals surface area contributed by atoms with Crippen LogP contribution in [0.2, 0.25) is 0 Å². The van der Waals surface area contributed by atoms with Gasteiger partial charge in [0.05, 0.1) is 16.9 Å². The Morgan fingerprint density at radius 3 is 1.85 bits per heavy atom. The number of rotatable bonds is 10. The highest BCUT2D eigenvalue weighted by atomic mass is 32.2. The number of nitrogens with one attached hydrogen (secondary N) is 1. The molecule has 0 radical (unpaired) electrons. The van der Waals surface area contributed by atoms with Gasteiger partial charge in [-0.05, 0) is 51.9 Å². The van der Waals surface area contributed by atoms with E-state index < -0.39 is 18.4 Å². The summed E-state index contributed by atoms with van der Waals surface area (Å²) in [6, 6.07) is 23.5. The second-order valence-electron chi connectivity index (χ2n) is 11.9. The maximum absolute atomic E-state index is 13.0. The second kappa shape index (κ2) is 14.6. The third kappa shape index (κ3) is 9.02. The minimum Gasteiger partial charge on any atom is -0.406 e. The molecule has 5 rings (SSSR count). The van der Waals surface area contributed by atoms with Gasteiger partial charge in [-0.15, -0.1) is 24.5 Å². The van der Waals surface area contributed by atoms with Crippen LogP contribution in [0.4, 0.5) is 13.2 Å².